The van der Waals surface area contributed by atoms with Crippen molar-refractivity contribution in [2.45, 2.75) is 26.8 Å². The zero-order valence-electron chi connectivity index (χ0n) is 11.3. The first-order valence-corrected chi connectivity index (χ1v) is 7.05. The molecular weight excluding hydrogens is 294 g/mol. The molecule has 3 nitrogen and oxygen atoms in total. The predicted octanol–water partition coefficient (Wildman–Crippen LogP) is 3.52. The molecule has 0 bridgehead atoms. The molecule has 1 atom stereocenters. The lowest BCUT2D eigenvalue weighted by Crippen LogP contribution is -2.13. The Labute approximate surface area is 118 Å². The number of hydrogen-bond acceptors (Lipinski definition) is 3. The van der Waals surface area contributed by atoms with E-state index in [0.717, 1.165) is 22.4 Å². The maximum absolute atomic E-state index is 5.91. The molecule has 0 fully saturated rings. The third-order valence-electron chi connectivity index (χ3n) is 2.40. The van der Waals surface area contributed by atoms with Gasteiger partial charge in [-0.2, -0.15) is 0 Å². The first kappa shape index (κ1) is 15.5. The Balaban J connectivity index is 2.48. The van der Waals surface area contributed by atoms with Crippen molar-refractivity contribution in [3.8, 4) is 5.75 Å². The molecule has 4 heteroatoms. The molecule has 1 aromatic carbocycles. The van der Waals surface area contributed by atoms with Crippen LogP contribution >= 0.6 is 15.9 Å². The number of rotatable bonds is 7. The van der Waals surface area contributed by atoms with Crippen molar-refractivity contribution in [1.29, 1.82) is 0 Å². The zero-order chi connectivity index (χ0) is 13.5. The smallest absolute Gasteiger partial charge is 0.125 e. The third-order valence-corrected chi connectivity index (χ3v) is 2.90. The van der Waals surface area contributed by atoms with Crippen LogP contribution < -0.4 is 10.5 Å². The fourth-order valence-electron chi connectivity index (χ4n) is 1.54. The Morgan fingerprint density at radius 3 is 2.56 bits per heavy atom. The summed E-state index contributed by atoms with van der Waals surface area (Å²) >= 11 is 3.44. The van der Waals surface area contributed by atoms with Gasteiger partial charge >= 0.3 is 0 Å². The molecule has 1 aromatic rings. The van der Waals surface area contributed by atoms with Crippen LogP contribution in [0.15, 0.2) is 22.7 Å². The Bertz CT molecular complexity index is 367. The number of ether oxygens (including phenoxy) is 2. The first-order valence-electron chi connectivity index (χ1n) is 6.26. The van der Waals surface area contributed by atoms with Gasteiger partial charge in [-0.15, -0.1) is 0 Å². The largest absolute Gasteiger partial charge is 0.491 e. The van der Waals surface area contributed by atoms with Gasteiger partial charge in [0, 0.05) is 22.7 Å². The lowest BCUT2D eigenvalue weighted by Gasteiger charge is -2.15. The summed E-state index contributed by atoms with van der Waals surface area (Å²) in [4.78, 5) is 0. The van der Waals surface area contributed by atoms with E-state index in [-0.39, 0.29) is 6.04 Å². The van der Waals surface area contributed by atoms with Gasteiger partial charge in [-0.05, 0) is 25.0 Å². The summed E-state index contributed by atoms with van der Waals surface area (Å²) < 4.78 is 12.2. The third kappa shape index (κ3) is 5.38. The van der Waals surface area contributed by atoms with E-state index in [1.807, 2.05) is 25.1 Å². The second kappa shape index (κ2) is 7.77. The minimum atomic E-state index is -0.0373. The number of halogens is 1. The molecule has 0 aliphatic rings. The maximum Gasteiger partial charge on any atom is 0.125 e. The van der Waals surface area contributed by atoms with Crippen LogP contribution in [0.3, 0.4) is 0 Å². The summed E-state index contributed by atoms with van der Waals surface area (Å²) in [5.41, 5.74) is 6.92. The highest BCUT2D eigenvalue weighted by atomic mass is 79.9. The highest BCUT2D eigenvalue weighted by Crippen LogP contribution is 2.27. The summed E-state index contributed by atoms with van der Waals surface area (Å²) in [5, 5.41) is 0. The number of benzene rings is 1. The van der Waals surface area contributed by atoms with Crippen LogP contribution in [0.1, 0.15) is 32.4 Å². The van der Waals surface area contributed by atoms with Crippen LogP contribution in [-0.2, 0) is 4.74 Å². The fourth-order valence-corrected chi connectivity index (χ4v) is 1.88. The number of nitrogens with two attached hydrogens (primary N) is 1. The van der Waals surface area contributed by atoms with Crippen LogP contribution in [0.4, 0.5) is 0 Å². The minimum Gasteiger partial charge on any atom is -0.491 e. The van der Waals surface area contributed by atoms with Gasteiger partial charge in [-0.3, -0.25) is 0 Å². The van der Waals surface area contributed by atoms with E-state index in [1.165, 1.54) is 0 Å². The molecule has 18 heavy (non-hydrogen) atoms. The van der Waals surface area contributed by atoms with Gasteiger partial charge in [0.1, 0.15) is 12.4 Å². The molecule has 0 aliphatic heterocycles. The van der Waals surface area contributed by atoms with Crippen LogP contribution in [0.2, 0.25) is 0 Å². The van der Waals surface area contributed by atoms with Crippen molar-refractivity contribution in [3.63, 3.8) is 0 Å². The van der Waals surface area contributed by atoms with Crippen LogP contribution in [0.25, 0.3) is 0 Å². The van der Waals surface area contributed by atoms with Crippen LogP contribution in [0, 0.1) is 5.92 Å². The van der Waals surface area contributed by atoms with Crippen molar-refractivity contribution in [3.05, 3.63) is 28.2 Å². The quantitative estimate of drug-likeness (QED) is 0.783. The average molecular weight is 316 g/mol. The van der Waals surface area contributed by atoms with Crippen molar-refractivity contribution in [1.82, 2.24) is 0 Å². The molecule has 0 amide bonds. The van der Waals surface area contributed by atoms with E-state index in [9.17, 15) is 0 Å². The Kier molecular flexibility index (Phi) is 6.68. The average Bonchev–Trinajstić information content (AvgIpc) is 2.27. The van der Waals surface area contributed by atoms with Gasteiger partial charge in [-0.25, -0.2) is 0 Å². The van der Waals surface area contributed by atoms with Gasteiger partial charge < -0.3 is 15.2 Å². The number of hydrogen-bond donors (Lipinski definition) is 1. The second-order valence-corrected chi connectivity index (χ2v) is 5.70. The van der Waals surface area contributed by atoms with E-state index < -0.39 is 0 Å². The van der Waals surface area contributed by atoms with Gasteiger partial charge in [0.15, 0.2) is 0 Å². The summed E-state index contributed by atoms with van der Waals surface area (Å²) in [7, 11) is 0. The zero-order valence-corrected chi connectivity index (χ0v) is 12.9. The SMILES string of the molecule is CC(C)COCCOc1cc(Br)ccc1[C@@H](C)N. The van der Waals surface area contributed by atoms with Crippen molar-refractivity contribution in [2.75, 3.05) is 19.8 Å². The highest BCUT2D eigenvalue weighted by molar-refractivity contribution is 9.10. The molecule has 0 aromatic heterocycles. The lowest BCUT2D eigenvalue weighted by molar-refractivity contribution is 0.0815. The molecule has 0 saturated heterocycles. The van der Waals surface area contributed by atoms with Gasteiger partial charge in [0.2, 0.25) is 0 Å². The van der Waals surface area contributed by atoms with Crippen LogP contribution in [-0.4, -0.2) is 19.8 Å². The Morgan fingerprint density at radius 1 is 1.22 bits per heavy atom. The Hall–Kier alpha value is -0.580. The molecule has 0 spiro atoms. The van der Waals surface area contributed by atoms with Crippen molar-refractivity contribution < 1.29 is 9.47 Å². The highest BCUT2D eigenvalue weighted by Gasteiger charge is 2.08. The van der Waals surface area contributed by atoms with Crippen molar-refractivity contribution >= 4 is 15.9 Å². The topological polar surface area (TPSA) is 44.5 Å². The minimum absolute atomic E-state index is 0.0373. The molecular formula is C14H22BrNO2. The van der Waals surface area contributed by atoms with Gasteiger partial charge in [-0.1, -0.05) is 35.8 Å². The first-order chi connectivity index (χ1) is 8.50. The van der Waals surface area contributed by atoms with E-state index in [2.05, 4.69) is 29.8 Å². The van der Waals surface area contributed by atoms with Crippen LogP contribution in [0.5, 0.6) is 5.75 Å². The molecule has 0 heterocycles. The van der Waals surface area contributed by atoms with E-state index in [4.69, 9.17) is 15.2 Å². The molecule has 2 N–H and O–H groups in total. The van der Waals surface area contributed by atoms with E-state index in [0.29, 0.717) is 19.1 Å². The maximum atomic E-state index is 5.91. The normalized spacial score (nSPS) is 12.8. The molecule has 0 saturated carbocycles. The molecule has 0 unspecified atom stereocenters. The van der Waals surface area contributed by atoms with Gasteiger partial charge in [0.05, 0.1) is 6.61 Å². The summed E-state index contributed by atoms with van der Waals surface area (Å²) in [6, 6.07) is 5.87. The van der Waals surface area contributed by atoms with Gasteiger partial charge in [0.25, 0.3) is 0 Å². The second-order valence-electron chi connectivity index (χ2n) is 4.79. The molecule has 0 radical (unpaired) electrons. The summed E-state index contributed by atoms with van der Waals surface area (Å²) in [5.74, 6) is 1.38. The summed E-state index contributed by atoms with van der Waals surface area (Å²) in [6.07, 6.45) is 0. The van der Waals surface area contributed by atoms with E-state index in [1.54, 1.807) is 0 Å². The lowest BCUT2D eigenvalue weighted by atomic mass is 10.1. The molecule has 1 rings (SSSR count). The Morgan fingerprint density at radius 2 is 1.94 bits per heavy atom. The summed E-state index contributed by atoms with van der Waals surface area (Å²) in [6.45, 7) is 8.12. The fraction of sp³-hybridized carbons (Fsp3) is 0.571. The van der Waals surface area contributed by atoms with E-state index >= 15 is 0 Å². The standard InChI is InChI=1S/C14H22BrNO2/c1-10(2)9-17-6-7-18-14-8-12(15)4-5-13(14)11(3)16/h4-5,8,10-11H,6-7,9,16H2,1-3H3/t11-/m1/s1. The molecule has 102 valence electrons. The predicted molar refractivity (Wildman–Crippen MR) is 77.9 cm³/mol. The monoisotopic (exact) mass is 315 g/mol. The molecule has 0 aliphatic carbocycles. The van der Waals surface area contributed by atoms with Crippen molar-refractivity contribution in [2.24, 2.45) is 11.7 Å².